The highest BCUT2D eigenvalue weighted by Crippen LogP contribution is 2.42. The number of rotatable bonds is 8. The van der Waals surface area contributed by atoms with Gasteiger partial charge in [-0.2, -0.15) is 0 Å². The molecule has 0 fully saturated rings. The molecule has 64 heavy (non-hydrogen) atoms. The molecule has 0 amide bonds. The molecule has 12 aromatic rings. The third kappa shape index (κ3) is 6.52. The van der Waals surface area contributed by atoms with Crippen LogP contribution in [0.5, 0.6) is 0 Å². The molecule has 0 aliphatic heterocycles. The lowest BCUT2D eigenvalue weighted by Crippen LogP contribution is -2.09. The second-order valence-electron chi connectivity index (χ2n) is 16.5. The summed E-state index contributed by atoms with van der Waals surface area (Å²) in [6.07, 6.45) is 0. The summed E-state index contributed by atoms with van der Waals surface area (Å²) >= 11 is 0. The van der Waals surface area contributed by atoms with E-state index >= 15 is 0 Å². The van der Waals surface area contributed by atoms with Gasteiger partial charge in [0.1, 0.15) is 0 Å². The van der Waals surface area contributed by atoms with Gasteiger partial charge >= 0.3 is 0 Å². The number of hydrogen-bond donors (Lipinski definition) is 0. The first-order valence-electron chi connectivity index (χ1n) is 22.0. The Balaban J connectivity index is 0.943. The summed E-state index contributed by atoms with van der Waals surface area (Å²) in [4.78, 5) is 2.37. The second-order valence-corrected chi connectivity index (χ2v) is 16.5. The van der Waals surface area contributed by atoms with Crippen molar-refractivity contribution in [1.29, 1.82) is 0 Å². The molecule has 12 rings (SSSR count). The van der Waals surface area contributed by atoms with Crippen molar-refractivity contribution in [3.8, 4) is 50.2 Å². The molecule has 0 radical (unpaired) electrons. The highest BCUT2D eigenvalue weighted by atomic mass is 15.1. The lowest BCUT2D eigenvalue weighted by Gasteiger charge is -2.26. The molecule has 0 atom stereocenters. The number of hydrogen-bond acceptors (Lipinski definition) is 1. The molecule has 0 unspecified atom stereocenters. The van der Waals surface area contributed by atoms with Crippen molar-refractivity contribution >= 4 is 60.4 Å². The van der Waals surface area contributed by atoms with Crippen LogP contribution >= 0.6 is 0 Å². The Kier molecular flexibility index (Phi) is 9.20. The topological polar surface area (TPSA) is 8.17 Å². The maximum Gasteiger partial charge on any atom is 0.0541 e. The van der Waals surface area contributed by atoms with Crippen molar-refractivity contribution in [2.75, 3.05) is 4.90 Å². The van der Waals surface area contributed by atoms with Crippen LogP contribution in [0.2, 0.25) is 0 Å². The minimum atomic E-state index is 1.09. The van der Waals surface area contributed by atoms with E-state index < -0.39 is 0 Å². The summed E-state index contributed by atoms with van der Waals surface area (Å²) in [5, 5.41) is 7.51. The first kappa shape index (κ1) is 37.3. The molecule has 0 bridgehead atoms. The molecule has 0 aliphatic carbocycles. The van der Waals surface area contributed by atoms with Gasteiger partial charge < -0.3 is 9.47 Å². The van der Waals surface area contributed by atoms with E-state index in [-0.39, 0.29) is 0 Å². The Bertz CT molecular complexity index is 3590. The fourth-order valence-electron chi connectivity index (χ4n) is 9.72. The summed E-state index contributed by atoms with van der Waals surface area (Å²) in [5.41, 5.74) is 16.4. The zero-order chi connectivity index (χ0) is 42.4. The van der Waals surface area contributed by atoms with Crippen molar-refractivity contribution in [2.45, 2.75) is 0 Å². The summed E-state index contributed by atoms with van der Waals surface area (Å²) in [5.74, 6) is 0. The summed E-state index contributed by atoms with van der Waals surface area (Å²) in [6.45, 7) is 0. The fraction of sp³-hybridized carbons (Fsp3) is 0. The predicted molar refractivity (Wildman–Crippen MR) is 272 cm³/mol. The van der Waals surface area contributed by atoms with Crippen LogP contribution in [0, 0.1) is 0 Å². The van der Waals surface area contributed by atoms with Crippen molar-refractivity contribution in [3.63, 3.8) is 0 Å². The molecular formula is C62H42N2. The van der Waals surface area contributed by atoms with Gasteiger partial charge in [0.25, 0.3) is 0 Å². The first-order chi connectivity index (χ1) is 31.7. The molecule has 300 valence electrons. The van der Waals surface area contributed by atoms with Crippen LogP contribution in [-0.2, 0) is 0 Å². The van der Waals surface area contributed by atoms with Crippen LogP contribution in [0.1, 0.15) is 0 Å². The zero-order valence-corrected chi connectivity index (χ0v) is 35.1. The minimum Gasteiger partial charge on any atom is -0.311 e. The highest BCUT2D eigenvalue weighted by Gasteiger charge is 2.19. The Morgan fingerprint density at radius 3 is 1.34 bits per heavy atom. The quantitative estimate of drug-likeness (QED) is 0.148. The van der Waals surface area contributed by atoms with E-state index in [1.807, 2.05) is 0 Å². The van der Waals surface area contributed by atoms with E-state index in [1.165, 1.54) is 82.3 Å². The summed E-state index contributed by atoms with van der Waals surface area (Å²) < 4.78 is 2.43. The molecule has 1 aromatic heterocycles. The SMILES string of the molecule is c1ccc(-c2ccccc2-n2c3ccccc3c3ccccc32)c(-c2ccc(N(c3ccc(-c4ccc5ccccc5c4)cc3)c3ccc(-c4cccc5ccccc45)cc3)cc2)c1. The molecule has 2 heteroatoms. The molecule has 0 saturated carbocycles. The Labute approximate surface area is 373 Å². The molecule has 11 aromatic carbocycles. The van der Waals surface area contributed by atoms with Gasteiger partial charge in [-0.1, -0.05) is 194 Å². The van der Waals surface area contributed by atoms with Gasteiger partial charge in [0.05, 0.1) is 16.7 Å². The number of benzene rings is 11. The Hall–Kier alpha value is -8.46. The van der Waals surface area contributed by atoms with Crippen molar-refractivity contribution in [3.05, 3.63) is 255 Å². The van der Waals surface area contributed by atoms with Gasteiger partial charge in [0, 0.05) is 33.4 Å². The second kappa shape index (κ2) is 15.8. The smallest absolute Gasteiger partial charge is 0.0541 e. The van der Waals surface area contributed by atoms with E-state index in [1.54, 1.807) is 0 Å². The molecule has 0 aliphatic rings. The number of nitrogens with zero attached hydrogens (tertiary/aromatic N) is 2. The zero-order valence-electron chi connectivity index (χ0n) is 35.1. The van der Waals surface area contributed by atoms with Gasteiger partial charge in [-0.15, -0.1) is 0 Å². The molecule has 0 N–H and O–H groups in total. The lowest BCUT2D eigenvalue weighted by atomic mass is 9.93. The number of anilines is 3. The van der Waals surface area contributed by atoms with Crippen LogP contribution in [-0.4, -0.2) is 4.57 Å². The molecule has 1 heterocycles. The van der Waals surface area contributed by atoms with Gasteiger partial charge in [0.15, 0.2) is 0 Å². The molecule has 2 nitrogen and oxygen atoms in total. The van der Waals surface area contributed by atoms with E-state index in [4.69, 9.17) is 0 Å². The van der Waals surface area contributed by atoms with Crippen LogP contribution in [0.25, 0.3) is 93.5 Å². The van der Waals surface area contributed by atoms with E-state index in [0.717, 1.165) is 28.3 Å². The average Bonchev–Trinajstić information content (AvgIpc) is 3.71. The molecule has 0 saturated heterocycles. The summed E-state index contributed by atoms with van der Waals surface area (Å²) in [6, 6.07) is 92.6. The van der Waals surface area contributed by atoms with Crippen molar-refractivity contribution in [2.24, 2.45) is 0 Å². The van der Waals surface area contributed by atoms with Crippen LogP contribution in [0.15, 0.2) is 255 Å². The van der Waals surface area contributed by atoms with Crippen LogP contribution in [0.4, 0.5) is 17.1 Å². The van der Waals surface area contributed by atoms with Crippen LogP contribution < -0.4 is 4.90 Å². The van der Waals surface area contributed by atoms with Gasteiger partial charge in [-0.25, -0.2) is 0 Å². The Morgan fingerprint density at radius 2 is 0.688 bits per heavy atom. The number of para-hydroxylation sites is 3. The Morgan fingerprint density at radius 1 is 0.250 bits per heavy atom. The van der Waals surface area contributed by atoms with E-state index in [0.29, 0.717) is 0 Å². The maximum atomic E-state index is 2.43. The van der Waals surface area contributed by atoms with E-state index in [2.05, 4.69) is 264 Å². The van der Waals surface area contributed by atoms with Gasteiger partial charge in [-0.3, -0.25) is 0 Å². The van der Waals surface area contributed by atoms with Crippen LogP contribution in [0.3, 0.4) is 0 Å². The third-order valence-electron chi connectivity index (χ3n) is 12.8. The highest BCUT2D eigenvalue weighted by molar-refractivity contribution is 6.10. The van der Waals surface area contributed by atoms with Gasteiger partial charge in [0.2, 0.25) is 0 Å². The fourth-order valence-corrected chi connectivity index (χ4v) is 9.72. The lowest BCUT2D eigenvalue weighted by molar-refractivity contribution is 1.18. The van der Waals surface area contributed by atoms with Gasteiger partial charge in [-0.05, 0) is 121 Å². The average molecular weight is 815 g/mol. The largest absolute Gasteiger partial charge is 0.311 e. The monoisotopic (exact) mass is 814 g/mol. The predicted octanol–water partition coefficient (Wildman–Crippen LogP) is 17.2. The van der Waals surface area contributed by atoms with Crippen molar-refractivity contribution < 1.29 is 0 Å². The number of fused-ring (bicyclic) bond motifs is 5. The van der Waals surface area contributed by atoms with E-state index in [9.17, 15) is 0 Å². The maximum absolute atomic E-state index is 2.43. The molecular weight excluding hydrogens is 773 g/mol. The number of aromatic nitrogens is 1. The first-order valence-corrected chi connectivity index (χ1v) is 22.0. The molecule has 0 spiro atoms. The standard InChI is InChI=1S/C62H42N2/c1-2-16-48-42-49(29-28-43(48)14-1)44-30-36-50(37-31-44)63(51-38-32-46(33-39-51)54-24-13-17-45-15-3-4-18-53(45)54)52-40-34-47(35-41-52)55-19-5-6-20-56(55)57-21-7-10-25-60(57)64-61-26-11-8-22-58(61)59-23-9-12-27-62(59)64/h1-42H. The third-order valence-corrected chi connectivity index (χ3v) is 12.8. The van der Waals surface area contributed by atoms with Crippen molar-refractivity contribution in [1.82, 2.24) is 4.57 Å². The minimum absolute atomic E-state index is 1.09. The summed E-state index contributed by atoms with van der Waals surface area (Å²) in [7, 11) is 0. The normalized spacial score (nSPS) is 11.4.